The maximum Gasteiger partial charge on any atom is 0.338 e. The lowest BCUT2D eigenvalue weighted by atomic mass is 10.1. The molecule has 0 aliphatic carbocycles. The fraction of sp³-hybridized carbons (Fsp3) is 0.300. The van der Waals surface area contributed by atoms with E-state index in [-0.39, 0.29) is 0 Å². The van der Waals surface area contributed by atoms with E-state index in [4.69, 9.17) is 25.8 Å². The van der Waals surface area contributed by atoms with Crippen LogP contribution in [0.5, 0.6) is 5.75 Å². The van der Waals surface area contributed by atoms with Crippen LogP contribution in [0.25, 0.3) is 0 Å². The minimum absolute atomic E-state index is 0.308. The summed E-state index contributed by atoms with van der Waals surface area (Å²) in [6.45, 7) is 4.22. The zero-order chi connectivity index (χ0) is 19.8. The number of hydrogen-bond acceptors (Lipinski definition) is 5. The molecule has 7 heteroatoms. The lowest BCUT2D eigenvalue weighted by Gasteiger charge is -2.15. The number of ether oxygens (including phenoxy) is 3. The fourth-order valence-electron chi connectivity index (χ4n) is 2.31. The molecule has 2 aromatic rings. The molecule has 0 unspecified atom stereocenters. The Hall–Kier alpha value is -2.57. The van der Waals surface area contributed by atoms with E-state index in [0.29, 0.717) is 35.2 Å². The smallest absolute Gasteiger partial charge is 0.338 e. The number of anilines is 1. The number of nitrogens with one attached hydrogen (secondary N) is 1. The van der Waals surface area contributed by atoms with Crippen molar-refractivity contribution >= 4 is 29.2 Å². The van der Waals surface area contributed by atoms with Crippen LogP contribution >= 0.6 is 11.6 Å². The number of para-hydroxylation sites is 1. The zero-order valence-corrected chi connectivity index (χ0v) is 16.2. The number of carbonyl (C=O) groups is 2. The second-order valence-electron chi connectivity index (χ2n) is 5.68. The first-order valence-electron chi connectivity index (χ1n) is 8.47. The zero-order valence-electron chi connectivity index (χ0n) is 15.5. The quantitative estimate of drug-likeness (QED) is 0.686. The van der Waals surface area contributed by atoms with E-state index >= 15 is 0 Å². The highest BCUT2D eigenvalue weighted by atomic mass is 35.5. The number of methoxy groups -OCH3 is 1. The molecule has 0 saturated carbocycles. The lowest BCUT2D eigenvalue weighted by Crippen LogP contribution is -2.30. The van der Waals surface area contributed by atoms with E-state index in [1.165, 1.54) is 6.92 Å². The summed E-state index contributed by atoms with van der Waals surface area (Å²) in [4.78, 5) is 24.6. The summed E-state index contributed by atoms with van der Waals surface area (Å²) >= 11 is 6.02. The van der Waals surface area contributed by atoms with Crippen LogP contribution in [0.2, 0.25) is 5.02 Å². The Morgan fingerprint density at radius 1 is 1.19 bits per heavy atom. The molecule has 6 nitrogen and oxygen atoms in total. The van der Waals surface area contributed by atoms with Crippen LogP contribution in [0.3, 0.4) is 0 Å². The van der Waals surface area contributed by atoms with E-state index in [9.17, 15) is 9.59 Å². The maximum absolute atomic E-state index is 12.4. The Kier molecular flexibility index (Phi) is 7.64. The van der Waals surface area contributed by atoms with Crippen LogP contribution < -0.4 is 10.1 Å². The molecule has 1 atom stereocenters. The summed E-state index contributed by atoms with van der Waals surface area (Å²) in [6, 6.07) is 11.7. The van der Waals surface area contributed by atoms with Gasteiger partial charge in [-0.15, -0.1) is 0 Å². The number of benzene rings is 2. The van der Waals surface area contributed by atoms with Crippen molar-refractivity contribution in [2.45, 2.75) is 26.6 Å². The van der Waals surface area contributed by atoms with Crippen LogP contribution in [0, 0.1) is 0 Å². The summed E-state index contributed by atoms with van der Waals surface area (Å²) < 4.78 is 15.9. The van der Waals surface area contributed by atoms with Gasteiger partial charge in [0.15, 0.2) is 6.10 Å². The van der Waals surface area contributed by atoms with Crippen molar-refractivity contribution in [1.82, 2.24) is 0 Å². The van der Waals surface area contributed by atoms with Gasteiger partial charge in [0, 0.05) is 12.2 Å². The first-order chi connectivity index (χ1) is 13.0. The number of amides is 1. The van der Waals surface area contributed by atoms with Gasteiger partial charge in [-0.05, 0) is 44.2 Å². The van der Waals surface area contributed by atoms with E-state index in [1.54, 1.807) is 49.6 Å². The monoisotopic (exact) mass is 391 g/mol. The molecule has 0 bridgehead atoms. The molecule has 0 aromatic heterocycles. The molecule has 0 spiro atoms. The van der Waals surface area contributed by atoms with Crippen molar-refractivity contribution in [1.29, 1.82) is 0 Å². The molecule has 0 saturated heterocycles. The summed E-state index contributed by atoms with van der Waals surface area (Å²) in [5, 5.41) is 3.04. The Morgan fingerprint density at radius 3 is 2.59 bits per heavy atom. The number of carbonyl (C=O) groups excluding carboxylic acids is 2. The molecule has 0 aliphatic heterocycles. The van der Waals surface area contributed by atoms with Crippen LogP contribution in [-0.4, -0.2) is 31.7 Å². The second kappa shape index (κ2) is 9.94. The molecule has 1 amide bonds. The van der Waals surface area contributed by atoms with Gasteiger partial charge in [0.25, 0.3) is 5.91 Å². The predicted molar refractivity (Wildman–Crippen MR) is 103 cm³/mol. The summed E-state index contributed by atoms with van der Waals surface area (Å²) in [5.41, 5.74) is 1.49. The number of esters is 1. The van der Waals surface area contributed by atoms with Gasteiger partial charge < -0.3 is 19.5 Å². The van der Waals surface area contributed by atoms with Gasteiger partial charge in [-0.1, -0.05) is 23.7 Å². The number of halogens is 1. The van der Waals surface area contributed by atoms with Crippen molar-refractivity contribution in [2.24, 2.45) is 0 Å². The third-order valence-corrected chi connectivity index (χ3v) is 4.09. The first-order valence-corrected chi connectivity index (χ1v) is 8.85. The Bertz CT molecular complexity index is 809. The Balaban J connectivity index is 2.05. The topological polar surface area (TPSA) is 73.9 Å². The van der Waals surface area contributed by atoms with Crippen molar-refractivity contribution < 1.29 is 23.8 Å². The molecule has 0 fully saturated rings. The minimum Gasteiger partial charge on any atom is -0.496 e. The van der Waals surface area contributed by atoms with Crippen molar-refractivity contribution in [3.8, 4) is 5.75 Å². The molecule has 0 aliphatic rings. The van der Waals surface area contributed by atoms with Crippen LogP contribution in [0.4, 0.5) is 5.69 Å². The molecule has 2 rings (SSSR count). The molecule has 0 radical (unpaired) electrons. The molecule has 2 aromatic carbocycles. The standard InChI is InChI=1S/C20H22ClNO5/c1-4-26-12-15-11-14(9-10-18(15)25-3)20(24)27-13(2)19(23)22-17-8-6-5-7-16(17)21/h5-11,13H,4,12H2,1-3H3,(H,22,23)/t13-/m0/s1. The van der Waals surface area contributed by atoms with E-state index in [0.717, 1.165) is 5.56 Å². The summed E-state index contributed by atoms with van der Waals surface area (Å²) in [7, 11) is 1.55. The minimum atomic E-state index is -0.994. The summed E-state index contributed by atoms with van der Waals surface area (Å²) in [6.07, 6.45) is -0.994. The Labute approximate surface area is 163 Å². The van der Waals surface area contributed by atoms with Gasteiger partial charge in [0.05, 0.1) is 30.0 Å². The number of hydrogen-bond donors (Lipinski definition) is 1. The molecule has 0 heterocycles. The first kappa shape index (κ1) is 20.7. The third-order valence-electron chi connectivity index (χ3n) is 3.76. The molecule has 1 N–H and O–H groups in total. The van der Waals surface area contributed by atoms with Gasteiger partial charge in [-0.2, -0.15) is 0 Å². The van der Waals surface area contributed by atoms with Crippen molar-refractivity contribution in [3.05, 3.63) is 58.6 Å². The largest absolute Gasteiger partial charge is 0.496 e. The highest BCUT2D eigenvalue weighted by molar-refractivity contribution is 6.33. The van der Waals surface area contributed by atoms with Crippen LogP contribution in [0.15, 0.2) is 42.5 Å². The normalized spacial score (nSPS) is 11.6. The van der Waals surface area contributed by atoms with E-state index in [2.05, 4.69) is 5.32 Å². The van der Waals surface area contributed by atoms with Gasteiger partial charge in [-0.25, -0.2) is 4.79 Å². The maximum atomic E-state index is 12.4. The van der Waals surface area contributed by atoms with Crippen molar-refractivity contribution in [3.63, 3.8) is 0 Å². The van der Waals surface area contributed by atoms with Crippen LogP contribution in [0.1, 0.15) is 29.8 Å². The average molecular weight is 392 g/mol. The van der Waals surface area contributed by atoms with Crippen LogP contribution in [-0.2, 0) is 20.9 Å². The van der Waals surface area contributed by atoms with Gasteiger partial charge >= 0.3 is 5.97 Å². The van der Waals surface area contributed by atoms with E-state index < -0.39 is 18.0 Å². The average Bonchev–Trinajstić information content (AvgIpc) is 2.67. The van der Waals surface area contributed by atoms with Crippen molar-refractivity contribution in [2.75, 3.05) is 19.0 Å². The van der Waals surface area contributed by atoms with Gasteiger partial charge in [0.1, 0.15) is 5.75 Å². The summed E-state index contributed by atoms with van der Waals surface area (Å²) in [5.74, 6) is -0.471. The molecule has 144 valence electrons. The SMILES string of the molecule is CCOCc1cc(C(=O)O[C@@H](C)C(=O)Nc2ccccc2Cl)ccc1OC. The molecule has 27 heavy (non-hydrogen) atoms. The Morgan fingerprint density at radius 2 is 1.93 bits per heavy atom. The molecular formula is C20H22ClNO5. The van der Waals surface area contributed by atoms with Gasteiger partial charge in [0.2, 0.25) is 0 Å². The lowest BCUT2D eigenvalue weighted by molar-refractivity contribution is -0.123. The highest BCUT2D eigenvalue weighted by Gasteiger charge is 2.20. The van der Waals surface area contributed by atoms with Gasteiger partial charge in [-0.3, -0.25) is 4.79 Å². The molecular weight excluding hydrogens is 370 g/mol. The fourth-order valence-corrected chi connectivity index (χ4v) is 2.49. The number of rotatable bonds is 8. The second-order valence-corrected chi connectivity index (χ2v) is 6.09. The predicted octanol–water partition coefficient (Wildman–Crippen LogP) is 4.07. The van der Waals surface area contributed by atoms with E-state index in [1.807, 2.05) is 6.92 Å². The highest BCUT2D eigenvalue weighted by Crippen LogP contribution is 2.23. The third kappa shape index (κ3) is 5.70.